The topological polar surface area (TPSA) is 40.1 Å². The molecule has 0 spiro atoms. The molecule has 1 fully saturated rings. The second-order valence-corrected chi connectivity index (χ2v) is 5.50. The fraction of sp³-hybridized carbons (Fsp3) is 0.933. The third-order valence-corrected chi connectivity index (χ3v) is 3.74. The largest absolute Gasteiger partial charge is 0.550 e. The maximum absolute atomic E-state index is 8.89. The predicted molar refractivity (Wildman–Crippen MR) is 74.1 cm³/mol. The summed E-state index contributed by atoms with van der Waals surface area (Å²) in [4.78, 5) is 8.89. The fourth-order valence-electron chi connectivity index (χ4n) is 2.76. The number of aliphatic carboxylic acids is 1. The minimum atomic E-state index is -1.08. The molecule has 0 amide bonds. The highest BCUT2D eigenvalue weighted by Crippen LogP contribution is 2.21. The van der Waals surface area contributed by atoms with Crippen molar-refractivity contribution in [1.29, 1.82) is 0 Å². The highest BCUT2D eigenvalue weighted by atomic mass is 16.4. The normalized spacial score (nSPS) is 17.1. The number of rotatable bonds is 7. The van der Waals surface area contributed by atoms with E-state index in [0.717, 1.165) is 6.92 Å². The third kappa shape index (κ3) is 8.51. The number of nitrogens with zero attached hydrogens (tertiary/aromatic N) is 1. The minimum absolute atomic E-state index is 0.972. The zero-order chi connectivity index (χ0) is 13.9. The lowest BCUT2D eigenvalue weighted by Crippen LogP contribution is -2.46. The van der Waals surface area contributed by atoms with Gasteiger partial charge >= 0.3 is 0 Å². The van der Waals surface area contributed by atoms with Gasteiger partial charge in [-0.05, 0) is 26.2 Å². The molecular weight excluding hydrogens is 226 g/mol. The van der Waals surface area contributed by atoms with Gasteiger partial charge in [-0.1, -0.05) is 26.7 Å². The minimum Gasteiger partial charge on any atom is -0.550 e. The highest BCUT2D eigenvalue weighted by Gasteiger charge is 2.30. The second-order valence-electron chi connectivity index (χ2n) is 5.50. The van der Waals surface area contributed by atoms with Gasteiger partial charge in [0.2, 0.25) is 0 Å². The van der Waals surface area contributed by atoms with Crippen molar-refractivity contribution >= 4 is 5.97 Å². The van der Waals surface area contributed by atoms with Crippen molar-refractivity contribution in [3.8, 4) is 0 Å². The average molecular weight is 257 g/mol. The molecule has 3 nitrogen and oxygen atoms in total. The SMILES string of the molecule is CC(=O)[O-].CCCCC[N+]1(CCCC)CCCC1. The number of carbonyl (C=O) groups is 1. The summed E-state index contributed by atoms with van der Waals surface area (Å²) in [5, 5.41) is 8.89. The molecule has 0 atom stereocenters. The number of carboxylic acid groups (broad SMARTS) is 1. The average Bonchev–Trinajstić information content (AvgIpc) is 2.75. The Bertz CT molecular complexity index is 207. The molecule has 3 heteroatoms. The standard InChI is InChI=1S/C13H28N.C2H4O2/c1-3-5-7-11-14(10-6-4-2)12-8-9-13-14;1-2(3)4/h3-13H2,1-2H3;1H3,(H,3,4)/q+1;/p-1. The van der Waals surface area contributed by atoms with Crippen molar-refractivity contribution in [1.82, 2.24) is 0 Å². The van der Waals surface area contributed by atoms with E-state index in [1.165, 1.54) is 75.6 Å². The summed E-state index contributed by atoms with van der Waals surface area (Å²) in [5.41, 5.74) is 0. The van der Waals surface area contributed by atoms with Crippen molar-refractivity contribution < 1.29 is 14.4 Å². The maximum Gasteiger partial charge on any atom is 0.0788 e. The van der Waals surface area contributed by atoms with Crippen LogP contribution in [0.4, 0.5) is 0 Å². The summed E-state index contributed by atoms with van der Waals surface area (Å²) < 4.78 is 1.47. The summed E-state index contributed by atoms with van der Waals surface area (Å²) in [5.74, 6) is -1.08. The first kappa shape index (κ1) is 17.4. The molecule has 18 heavy (non-hydrogen) atoms. The first-order chi connectivity index (χ1) is 8.56. The molecular formula is C15H31NO2. The molecule has 0 aliphatic carbocycles. The van der Waals surface area contributed by atoms with E-state index < -0.39 is 5.97 Å². The molecule has 1 saturated heterocycles. The smallest absolute Gasteiger partial charge is 0.0788 e. The lowest BCUT2D eigenvalue weighted by molar-refractivity contribution is -0.917. The highest BCUT2D eigenvalue weighted by molar-refractivity contribution is 5.60. The Kier molecular flexibility index (Phi) is 10.0. The van der Waals surface area contributed by atoms with Crippen LogP contribution in [-0.4, -0.2) is 36.6 Å². The van der Waals surface area contributed by atoms with E-state index >= 15 is 0 Å². The number of carboxylic acids is 1. The van der Waals surface area contributed by atoms with E-state index in [2.05, 4.69) is 13.8 Å². The Balaban J connectivity index is 0.000000631. The molecule has 0 aromatic rings. The first-order valence-corrected chi connectivity index (χ1v) is 7.59. The third-order valence-electron chi connectivity index (χ3n) is 3.74. The lowest BCUT2D eigenvalue weighted by Gasteiger charge is -2.34. The van der Waals surface area contributed by atoms with Crippen molar-refractivity contribution in [2.24, 2.45) is 0 Å². The van der Waals surface area contributed by atoms with Crippen molar-refractivity contribution in [3.05, 3.63) is 0 Å². The van der Waals surface area contributed by atoms with Gasteiger partial charge < -0.3 is 14.4 Å². The predicted octanol–water partition coefficient (Wildman–Crippen LogP) is 2.34. The van der Waals surface area contributed by atoms with Gasteiger partial charge in [0.05, 0.1) is 26.2 Å². The van der Waals surface area contributed by atoms with Crippen molar-refractivity contribution in [2.75, 3.05) is 26.2 Å². The number of carbonyl (C=O) groups excluding carboxylic acids is 1. The molecule has 1 heterocycles. The van der Waals surface area contributed by atoms with Gasteiger partial charge in [0.15, 0.2) is 0 Å². The van der Waals surface area contributed by atoms with Crippen LogP contribution in [0.15, 0.2) is 0 Å². The fourth-order valence-corrected chi connectivity index (χ4v) is 2.76. The molecule has 0 bridgehead atoms. The first-order valence-electron chi connectivity index (χ1n) is 7.59. The summed E-state index contributed by atoms with van der Waals surface area (Å²) in [7, 11) is 0. The van der Waals surface area contributed by atoms with Gasteiger partial charge in [-0.3, -0.25) is 0 Å². The van der Waals surface area contributed by atoms with Gasteiger partial charge in [0.1, 0.15) is 0 Å². The molecule has 0 saturated carbocycles. The summed E-state index contributed by atoms with van der Waals surface area (Å²) >= 11 is 0. The maximum atomic E-state index is 8.89. The van der Waals surface area contributed by atoms with Crippen LogP contribution in [0.1, 0.15) is 65.7 Å². The van der Waals surface area contributed by atoms with Crippen LogP contribution in [0.3, 0.4) is 0 Å². The van der Waals surface area contributed by atoms with Crippen LogP contribution < -0.4 is 5.11 Å². The molecule has 0 unspecified atom stereocenters. The summed E-state index contributed by atoms with van der Waals surface area (Å²) in [6.45, 7) is 11.5. The summed E-state index contributed by atoms with van der Waals surface area (Å²) in [6, 6.07) is 0. The Labute approximate surface area is 113 Å². The molecule has 0 aromatic heterocycles. The number of quaternary nitrogens is 1. The molecule has 108 valence electrons. The summed E-state index contributed by atoms with van der Waals surface area (Å²) in [6.07, 6.45) is 10.0. The zero-order valence-electron chi connectivity index (χ0n) is 12.5. The Morgan fingerprint density at radius 1 is 1.00 bits per heavy atom. The van der Waals surface area contributed by atoms with Crippen molar-refractivity contribution in [2.45, 2.75) is 65.7 Å². The van der Waals surface area contributed by atoms with E-state index in [0.29, 0.717) is 0 Å². The molecule has 1 aliphatic heterocycles. The van der Waals surface area contributed by atoms with Crippen LogP contribution in [0, 0.1) is 0 Å². The Morgan fingerprint density at radius 2 is 1.44 bits per heavy atom. The van der Waals surface area contributed by atoms with E-state index in [4.69, 9.17) is 9.90 Å². The van der Waals surface area contributed by atoms with Gasteiger partial charge in [-0.15, -0.1) is 0 Å². The monoisotopic (exact) mass is 257 g/mol. The van der Waals surface area contributed by atoms with Gasteiger partial charge in [-0.25, -0.2) is 0 Å². The number of hydrogen-bond donors (Lipinski definition) is 0. The van der Waals surface area contributed by atoms with Gasteiger partial charge in [0, 0.05) is 18.8 Å². The Hall–Kier alpha value is -0.570. The van der Waals surface area contributed by atoms with Crippen LogP contribution in [0.25, 0.3) is 0 Å². The molecule has 0 radical (unpaired) electrons. The number of unbranched alkanes of at least 4 members (excludes halogenated alkanes) is 3. The van der Waals surface area contributed by atoms with Crippen LogP contribution in [0.5, 0.6) is 0 Å². The Morgan fingerprint density at radius 3 is 1.89 bits per heavy atom. The van der Waals surface area contributed by atoms with Crippen LogP contribution >= 0.6 is 0 Å². The molecule has 0 aromatic carbocycles. The zero-order valence-corrected chi connectivity index (χ0v) is 12.5. The van der Waals surface area contributed by atoms with Gasteiger partial charge in [-0.2, -0.15) is 0 Å². The number of hydrogen-bond acceptors (Lipinski definition) is 2. The van der Waals surface area contributed by atoms with Crippen LogP contribution in [0.2, 0.25) is 0 Å². The van der Waals surface area contributed by atoms with Gasteiger partial charge in [0.25, 0.3) is 0 Å². The molecule has 1 aliphatic rings. The lowest BCUT2D eigenvalue weighted by atomic mass is 10.2. The van der Waals surface area contributed by atoms with E-state index in [-0.39, 0.29) is 0 Å². The van der Waals surface area contributed by atoms with Crippen molar-refractivity contribution in [3.63, 3.8) is 0 Å². The van der Waals surface area contributed by atoms with Crippen LogP contribution in [-0.2, 0) is 4.79 Å². The number of likely N-dealkylation sites (tertiary alicyclic amines) is 1. The van der Waals surface area contributed by atoms with E-state index in [9.17, 15) is 0 Å². The quantitative estimate of drug-likeness (QED) is 0.519. The molecule has 0 N–H and O–H groups in total. The second kappa shape index (κ2) is 10.4. The van der Waals surface area contributed by atoms with E-state index in [1.807, 2.05) is 0 Å². The van der Waals surface area contributed by atoms with E-state index in [1.54, 1.807) is 0 Å². The molecule has 1 rings (SSSR count).